The number of ether oxygens (including phenoxy) is 1. The van der Waals surface area contributed by atoms with Gasteiger partial charge in [-0.25, -0.2) is 4.79 Å². The van der Waals surface area contributed by atoms with E-state index >= 15 is 0 Å². The topological polar surface area (TPSA) is 131 Å². The van der Waals surface area contributed by atoms with Crippen LogP contribution in [0.3, 0.4) is 0 Å². The lowest BCUT2D eigenvalue weighted by Gasteiger charge is -2.44. The van der Waals surface area contributed by atoms with Crippen LogP contribution in [0.25, 0.3) is 0 Å². The molecule has 0 saturated heterocycles. The van der Waals surface area contributed by atoms with Crippen LogP contribution in [-0.2, 0) is 19.1 Å². The average Bonchev–Trinajstić information content (AvgIpc) is 2.64. The van der Waals surface area contributed by atoms with E-state index < -0.39 is 47.6 Å². The van der Waals surface area contributed by atoms with E-state index in [9.17, 15) is 19.2 Å². The number of hydrogen-bond donors (Lipinski definition) is 3. The largest absolute Gasteiger partial charge is 0.444 e. The first kappa shape index (κ1) is 29.1. The monoisotopic (exact) mass is 502 g/mol. The van der Waals surface area contributed by atoms with Crippen molar-refractivity contribution in [3.63, 3.8) is 0 Å². The second-order valence-electron chi connectivity index (χ2n) is 11.7. The van der Waals surface area contributed by atoms with Crippen LogP contribution in [0, 0.1) is 13.8 Å². The number of amides is 4. The molecule has 1 saturated carbocycles. The predicted octanol–water partition coefficient (Wildman–Crippen LogP) is 3.41. The van der Waals surface area contributed by atoms with Gasteiger partial charge in [-0.05, 0) is 85.8 Å². The Labute approximate surface area is 214 Å². The predicted molar refractivity (Wildman–Crippen MR) is 138 cm³/mol. The molecule has 0 radical (unpaired) electrons. The van der Waals surface area contributed by atoms with E-state index in [1.54, 1.807) is 20.8 Å². The Morgan fingerprint density at radius 2 is 1.69 bits per heavy atom. The molecular formula is C27H42N4O5. The molecule has 1 aliphatic carbocycles. The molecule has 1 fully saturated rings. The van der Waals surface area contributed by atoms with Gasteiger partial charge in [0.15, 0.2) is 0 Å². The van der Waals surface area contributed by atoms with E-state index in [-0.39, 0.29) is 11.9 Å². The second-order valence-corrected chi connectivity index (χ2v) is 11.7. The third-order valence-electron chi connectivity index (χ3n) is 5.87. The van der Waals surface area contributed by atoms with Crippen molar-refractivity contribution in [2.45, 2.75) is 110 Å². The number of benzene rings is 1. The Bertz CT molecular complexity index is 989. The maximum absolute atomic E-state index is 14.1. The summed E-state index contributed by atoms with van der Waals surface area (Å²) in [5.41, 5.74) is 6.62. The van der Waals surface area contributed by atoms with Crippen molar-refractivity contribution in [1.82, 2.24) is 15.5 Å². The number of rotatable bonds is 8. The van der Waals surface area contributed by atoms with Gasteiger partial charge < -0.3 is 26.0 Å². The van der Waals surface area contributed by atoms with Crippen molar-refractivity contribution >= 4 is 23.8 Å². The van der Waals surface area contributed by atoms with E-state index in [2.05, 4.69) is 10.6 Å². The molecule has 2 atom stereocenters. The first-order valence-corrected chi connectivity index (χ1v) is 12.5. The fourth-order valence-electron chi connectivity index (χ4n) is 4.12. The van der Waals surface area contributed by atoms with Crippen LogP contribution in [0.1, 0.15) is 90.0 Å². The standard InChI is InChI=1S/C27H42N4O5/c1-16-12-13-17(2)19(14-16)22(23(33)30-26(3,4)5)31(18-10-9-11-18)24(34)20(15-21(28)32)29-25(35)36-27(6,7)8/h12-14,18,20,22H,9-11,15H2,1-8H3,(H2,28,32)(H,29,35)(H,30,33). The SMILES string of the molecule is Cc1ccc(C)c(C(C(=O)NC(C)(C)C)N(C(=O)C(CC(N)=O)NC(=O)OC(C)(C)C)C2CCC2)c1. The van der Waals surface area contributed by atoms with Crippen molar-refractivity contribution in [3.8, 4) is 0 Å². The first-order valence-electron chi connectivity index (χ1n) is 12.5. The van der Waals surface area contributed by atoms with Crippen LogP contribution >= 0.6 is 0 Å². The van der Waals surface area contributed by atoms with E-state index in [0.29, 0.717) is 18.4 Å². The third-order valence-corrected chi connectivity index (χ3v) is 5.87. The molecule has 4 amide bonds. The molecule has 4 N–H and O–H groups in total. The maximum Gasteiger partial charge on any atom is 0.408 e. The number of nitrogens with one attached hydrogen (secondary N) is 2. The highest BCUT2D eigenvalue weighted by Gasteiger charge is 2.43. The van der Waals surface area contributed by atoms with Gasteiger partial charge in [-0.2, -0.15) is 0 Å². The summed E-state index contributed by atoms with van der Waals surface area (Å²) >= 11 is 0. The number of hydrogen-bond acceptors (Lipinski definition) is 5. The van der Waals surface area contributed by atoms with Gasteiger partial charge in [-0.15, -0.1) is 0 Å². The first-order chi connectivity index (χ1) is 16.5. The van der Waals surface area contributed by atoms with E-state index in [1.165, 1.54) is 4.90 Å². The summed E-state index contributed by atoms with van der Waals surface area (Å²) in [6.45, 7) is 14.6. The number of nitrogens with zero attached hydrogens (tertiary/aromatic N) is 1. The lowest BCUT2D eigenvalue weighted by molar-refractivity contribution is -0.148. The lowest BCUT2D eigenvalue weighted by Crippen LogP contribution is -2.59. The normalized spacial score (nSPS) is 15.8. The van der Waals surface area contributed by atoms with Crippen molar-refractivity contribution in [1.29, 1.82) is 0 Å². The molecule has 9 heteroatoms. The summed E-state index contributed by atoms with van der Waals surface area (Å²) in [7, 11) is 0. The summed E-state index contributed by atoms with van der Waals surface area (Å²) in [6.07, 6.45) is 1.09. The van der Waals surface area contributed by atoms with Crippen LogP contribution < -0.4 is 16.4 Å². The number of primary amides is 1. The molecule has 0 spiro atoms. The van der Waals surface area contributed by atoms with Crippen molar-refractivity contribution in [3.05, 3.63) is 34.9 Å². The molecule has 2 rings (SSSR count). The number of aryl methyl sites for hydroxylation is 2. The van der Waals surface area contributed by atoms with Crippen LogP contribution in [0.4, 0.5) is 4.79 Å². The average molecular weight is 503 g/mol. The molecule has 36 heavy (non-hydrogen) atoms. The van der Waals surface area contributed by atoms with Gasteiger partial charge >= 0.3 is 6.09 Å². The minimum absolute atomic E-state index is 0.219. The smallest absolute Gasteiger partial charge is 0.408 e. The number of carbonyl (C=O) groups is 4. The van der Waals surface area contributed by atoms with Crippen LogP contribution in [0.2, 0.25) is 0 Å². The zero-order chi connectivity index (χ0) is 27.4. The minimum atomic E-state index is -1.27. The lowest BCUT2D eigenvalue weighted by atomic mass is 9.86. The van der Waals surface area contributed by atoms with E-state index in [4.69, 9.17) is 10.5 Å². The molecule has 0 aliphatic heterocycles. The molecule has 0 aromatic heterocycles. The summed E-state index contributed by atoms with van der Waals surface area (Å²) in [5, 5.41) is 5.54. The van der Waals surface area contributed by atoms with E-state index in [0.717, 1.165) is 17.5 Å². The Morgan fingerprint density at radius 3 is 2.17 bits per heavy atom. The van der Waals surface area contributed by atoms with E-state index in [1.807, 2.05) is 52.8 Å². The van der Waals surface area contributed by atoms with Crippen LogP contribution in [-0.4, -0.2) is 51.9 Å². The van der Waals surface area contributed by atoms with Crippen LogP contribution in [0.15, 0.2) is 18.2 Å². The number of carbonyl (C=O) groups excluding carboxylic acids is 4. The molecule has 1 aliphatic rings. The Hall–Kier alpha value is -3.10. The van der Waals surface area contributed by atoms with Crippen molar-refractivity contribution < 1.29 is 23.9 Å². The fourth-order valence-corrected chi connectivity index (χ4v) is 4.12. The Morgan fingerprint density at radius 1 is 1.08 bits per heavy atom. The van der Waals surface area contributed by atoms with Gasteiger partial charge in [0, 0.05) is 11.6 Å². The van der Waals surface area contributed by atoms with Crippen molar-refractivity contribution in [2.75, 3.05) is 0 Å². The van der Waals surface area contributed by atoms with Gasteiger partial charge in [-0.3, -0.25) is 14.4 Å². The van der Waals surface area contributed by atoms with Crippen molar-refractivity contribution in [2.24, 2.45) is 5.73 Å². The fraction of sp³-hybridized carbons (Fsp3) is 0.630. The zero-order valence-electron chi connectivity index (χ0n) is 22.9. The highest BCUT2D eigenvalue weighted by Crippen LogP contribution is 2.35. The van der Waals surface area contributed by atoms with Gasteiger partial charge in [0.25, 0.3) is 0 Å². The minimum Gasteiger partial charge on any atom is -0.444 e. The molecule has 9 nitrogen and oxygen atoms in total. The maximum atomic E-state index is 14.1. The summed E-state index contributed by atoms with van der Waals surface area (Å²) in [5.74, 6) is -1.62. The van der Waals surface area contributed by atoms with Gasteiger partial charge in [0.1, 0.15) is 17.7 Å². The molecule has 1 aromatic rings. The molecule has 2 unspecified atom stereocenters. The summed E-state index contributed by atoms with van der Waals surface area (Å²) in [4.78, 5) is 53.8. The molecular weight excluding hydrogens is 460 g/mol. The highest BCUT2D eigenvalue weighted by atomic mass is 16.6. The number of nitrogens with two attached hydrogens (primary N) is 1. The Balaban J connectivity index is 2.57. The van der Waals surface area contributed by atoms with Crippen LogP contribution in [0.5, 0.6) is 0 Å². The zero-order valence-corrected chi connectivity index (χ0v) is 22.9. The van der Waals surface area contributed by atoms with Gasteiger partial charge in [-0.1, -0.05) is 23.8 Å². The molecule has 1 aromatic carbocycles. The molecule has 0 bridgehead atoms. The Kier molecular flexibility index (Phi) is 9.15. The molecule has 200 valence electrons. The van der Waals surface area contributed by atoms with Gasteiger partial charge in [0.2, 0.25) is 17.7 Å². The summed E-state index contributed by atoms with van der Waals surface area (Å²) in [6, 6.07) is 3.35. The second kappa shape index (κ2) is 11.3. The quantitative estimate of drug-likeness (QED) is 0.501. The third kappa shape index (κ3) is 8.24. The number of alkyl carbamates (subject to hydrolysis) is 1. The highest BCUT2D eigenvalue weighted by molar-refractivity contribution is 5.95. The molecule has 0 heterocycles. The van der Waals surface area contributed by atoms with Gasteiger partial charge in [0.05, 0.1) is 6.42 Å². The summed E-state index contributed by atoms with van der Waals surface area (Å²) < 4.78 is 5.32.